The lowest BCUT2D eigenvalue weighted by Crippen LogP contribution is -1.85. The lowest BCUT2D eigenvalue weighted by atomic mass is 10.0. The number of rotatable bonds is 0. The summed E-state index contributed by atoms with van der Waals surface area (Å²) in [7, 11) is 0. The van der Waals surface area contributed by atoms with Crippen molar-refractivity contribution < 1.29 is 0 Å². The predicted octanol–water partition coefficient (Wildman–Crippen LogP) is 5.48. The number of hydrogen-bond donors (Lipinski definition) is 0. The lowest BCUT2D eigenvalue weighted by molar-refractivity contribution is 0.504. The van der Waals surface area contributed by atoms with Crippen LogP contribution in [0.25, 0.3) is 0 Å². The van der Waals surface area contributed by atoms with Crippen molar-refractivity contribution in [2.45, 2.75) is 78.1 Å². The average molecular weight is 196 g/mol. The molecular formula is C14H28. The maximum absolute atomic E-state index is 2.27. The molecule has 0 bridgehead atoms. The SMILES string of the molecule is C1=CCCCC1.C1CCCCC1.CC. The molecule has 2 aliphatic rings. The van der Waals surface area contributed by atoms with Crippen molar-refractivity contribution in [3.63, 3.8) is 0 Å². The first-order valence-electron chi connectivity index (χ1n) is 6.65. The van der Waals surface area contributed by atoms with Gasteiger partial charge in [-0.1, -0.05) is 64.5 Å². The number of hydrogen-bond acceptors (Lipinski definition) is 0. The van der Waals surface area contributed by atoms with E-state index in [4.69, 9.17) is 0 Å². The molecule has 1 fully saturated rings. The van der Waals surface area contributed by atoms with Gasteiger partial charge in [-0.2, -0.15) is 0 Å². The van der Waals surface area contributed by atoms with Gasteiger partial charge in [0.2, 0.25) is 0 Å². The van der Waals surface area contributed by atoms with Crippen LogP contribution in [0, 0.1) is 0 Å². The van der Waals surface area contributed by atoms with Crippen molar-refractivity contribution in [2.75, 3.05) is 0 Å². The summed E-state index contributed by atoms with van der Waals surface area (Å²) in [5.41, 5.74) is 0. The fraction of sp³-hybridized carbons (Fsp3) is 0.857. The summed E-state index contributed by atoms with van der Waals surface area (Å²) in [5, 5.41) is 0. The summed E-state index contributed by atoms with van der Waals surface area (Å²) in [6, 6.07) is 0. The van der Waals surface area contributed by atoms with Gasteiger partial charge in [0.25, 0.3) is 0 Å². The van der Waals surface area contributed by atoms with Crippen molar-refractivity contribution >= 4 is 0 Å². The molecule has 0 radical (unpaired) electrons. The van der Waals surface area contributed by atoms with Crippen molar-refractivity contribution in [1.29, 1.82) is 0 Å². The highest BCUT2D eigenvalue weighted by atomic mass is 14.0. The van der Waals surface area contributed by atoms with Gasteiger partial charge in [0.05, 0.1) is 0 Å². The van der Waals surface area contributed by atoms with Crippen LogP contribution in [0.15, 0.2) is 12.2 Å². The van der Waals surface area contributed by atoms with Crippen LogP contribution in [0.3, 0.4) is 0 Å². The zero-order valence-electron chi connectivity index (χ0n) is 10.2. The second-order valence-electron chi connectivity index (χ2n) is 3.88. The van der Waals surface area contributed by atoms with Gasteiger partial charge in [-0.25, -0.2) is 0 Å². The second kappa shape index (κ2) is 12.7. The molecule has 0 atom stereocenters. The quantitative estimate of drug-likeness (QED) is 0.450. The highest BCUT2D eigenvalue weighted by molar-refractivity contribution is 4.85. The minimum Gasteiger partial charge on any atom is -0.0885 e. The van der Waals surface area contributed by atoms with E-state index < -0.39 is 0 Å². The van der Waals surface area contributed by atoms with E-state index in [0.717, 1.165) is 0 Å². The van der Waals surface area contributed by atoms with Crippen molar-refractivity contribution in [1.82, 2.24) is 0 Å². The summed E-state index contributed by atoms with van der Waals surface area (Å²) in [6.45, 7) is 4.00. The molecule has 0 aromatic rings. The Hall–Kier alpha value is -0.260. The van der Waals surface area contributed by atoms with Crippen molar-refractivity contribution in [3.05, 3.63) is 12.2 Å². The molecule has 0 aromatic heterocycles. The molecule has 0 aromatic carbocycles. The van der Waals surface area contributed by atoms with Gasteiger partial charge in [0, 0.05) is 0 Å². The molecule has 2 aliphatic carbocycles. The Morgan fingerprint density at radius 3 is 0.929 bits per heavy atom. The molecule has 0 amide bonds. The Bertz CT molecular complexity index is 89.7. The fourth-order valence-electron chi connectivity index (χ4n) is 1.82. The minimum absolute atomic E-state index is 1.32. The molecule has 0 saturated heterocycles. The Labute approximate surface area is 90.8 Å². The molecule has 1 saturated carbocycles. The summed E-state index contributed by atoms with van der Waals surface area (Å²) in [5.74, 6) is 0. The zero-order chi connectivity index (χ0) is 10.5. The minimum atomic E-state index is 1.32. The Morgan fingerprint density at radius 2 is 0.786 bits per heavy atom. The van der Waals surface area contributed by atoms with Crippen LogP contribution in [-0.4, -0.2) is 0 Å². The molecule has 0 spiro atoms. The normalized spacial score (nSPS) is 19.9. The van der Waals surface area contributed by atoms with E-state index in [2.05, 4.69) is 12.2 Å². The van der Waals surface area contributed by atoms with Crippen LogP contribution in [-0.2, 0) is 0 Å². The van der Waals surface area contributed by atoms with E-state index >= 15 is 0 Å². The zero-order valence-corrected chi connectivity index (χ0v) is 10.2. The van der Waals surface area contributed by atoms with Crippen LogP contribution in [0.1, 0.15) is 78.1 Å². The molecule has 0 nitrogen and oxygen atoms in total. The Morgan fingerprint density at radius 1 is 0.500 bits per heavy atom. The average Bonchev–Trinajstić information content (AvgIpc) is 2.37. The third-order valence-electron chi connectivity index (χ3n) is 2.66. The fourth-order valence-corrected chi connectivity index (χ4v) is 1.82. The maximum Gasteiger partial charge on any atom is -0.0351 e. The van der Waals surface area contributed by atoms with E-state index in [1.54, 1.807) is 0 Å². The van der Waals surface area contributed by atoms with Gasteiger partial charge in [-0.3, -0.25) is 0 Å². The summed E-state index contributed by atoms with van der Waals surface area (Å²) < 4.78 is 0. The van der Waals surface area contributed by atoms with Gasteiger partial charge in [0.1, 0.15) is 0 Å². The third kappa shape index (κ3) is 9.83. The third-order valence-corrected chi connectivity index (χ3v) is 2.66. The first kappa shape index (κ1) is 13.7. The molecule has 2 rings (SSSR count). The molecule has 84 valence electrons. The predicted molar refractivity (Wildman–Crippen MR) is 66.7 cm³/mol. The van der Waals surface area contributed by atoms with E-state index in [9.17, 15) is 0 Å². The first-order valence-corrected chi connectivity index (χ1v) is 6.65. The summed E-state index contributed by atoms with van der Waals surface area (Å²) >= 11 is 0. The van der Waals surface area contributed by atoms with E-state index in [1.807, 2.05) is 13.8 Å². The van der Waals surface area contributed by atoms with Crippen LogP contribution in [0.5, 0.6) is 0 Å². The molecule has 0 heteroatoms. The summed E-state index contributed by atoms with van der Waals surface area (Å²) in [4.78, 5) is 0. The largest absolute Gasteiger partial charge is 0.0885 e. The first-order chi connectivity index (χ1) is 7.00. The van der Waals surface area contributed by atoms with Crippen molar-refractivity contribution in [2.24, 2.45) is 0 Å². The molecule has 0 aliphatic heterocycles. The van der Waals surface area contributed by atoms with Gasteiger partial charge in [-0.05, 0) is 25.7 Å². The standard InChI is InChI=1S/C6H12.C6H10.C2H6/c2*1-2-4-6-5-3-1;1-2/h1-6H2;1-2H,3-6H2;1-2H3. The smallest absolute Gasteiger partial charge is 0.0351 e. The molecular weight excluding hydrogens is 168 g/mol. The van der Waals surface area contributed by atoms with Crippen molar-refractivity contribution in [3.8, 4) is 0 Å². The number of allylic oxidation sites excluding steroid dienone is 2. The second-order valence-corrected chi connectivity index (χ2v) is 3.88. The highest BCUT2D eigenvalue weighted by Crippen LogP contribution is 2.15. The monoisotopic (exact) mass is 196 g/mol. The van der Waals surface area contributed by atoms with Crippen LogP contribution < -0.4 is 0 Å². The van der Waals surface area contributed by atoms with E-state index in [1.165, 1.54) is 64.2 Å². The topological polar surface area (TPSA) is 0 Å². The van der Waals surface area contributed by atoms with Crippen LogP contribution in [0.2, 0.25) is 0 Å². The molecule has 0 unspecified atom stereocenters. The van der Waals surface area contributed by atoms with Gasteiger partial charge < -0.3 is 0 Å². The van der Waals surface area contributed by atoms with E-state index in [0.29, 0.717) is 0 Å². The summed E-state index contributed by atoms with van der Waals surface area (Å²) in [6.07, 6.45) is 19.0. The van der Waals surface area contributed by atoms with Gasteiger partial charge in [0.15, 0.2) is 0 Å². The molecule has 14 heavy (non-hydrogen) atoms. The van der Waals surface area contributed by atoms with Gasteiger partial charge >= 0.3 is 0 Å². The Kier molecular flexibility index (Phi) is 12.5. The van der Waals surface area contributed by atoms with E-state index in [-0.39, 0.29) is 0 Å². The Balaban J connectivity index is 0.000000206. The molecule has 0 heterocycles. The highest BCUT2D eigenvalue weighted by Gasteiger charge is 1.95. The van der Waals surface area contributed by atoms with Crippen LogP contribution in [0.4, 0.5) is 0 Å². The lowest BCUT2D eigenvalue weighted by Gasteiger charge is -2.05. The van der Waals surface area contributed by atoms with Crippen LogP contribution >= 0.6 is 0 Å². The maximum atomic E-state index is 2.27. The molecule has 0 N–H and O–H groups in total. The van der Waals surface area contributed by atoms with Gasteiger partial charge in [-0.15, -0.1) is 0 Å².